The lowest BCUT2D eigenvalue weighted by Gasteiger charge is -2.33. The highest BCUT2D eigenvalue weighted by atomic mass is 79.9. The molecule has 0 heterocycles. The quantitative estimate of drug-likeness (QED) is 0.0482. The molecule has 2 N–H and O–H groups in total. The van der Waals surface area contributed by atoms with Crippen LogP contribution < -0.4 is 9.47 Å². The third kappa shape index (κ3) is 13.6. The van der Waals surface area contributed by atoms with Crippen LogP contribution in [0.3, 0.4) is 0 Å². The molecule has 6 nitrogen and oxygen atoms in total. The first-order valence-electron chi connectivity index (χ1n) is 20.5. The zero-order valence-electron chi connectivity index (χ0n) is 32.9. The summed E-state index contributed by atoms with van der Waals surface area (Å²) in [4.78, 5) is 22.6. The number of hydrogen-bond donors (Lipinski definition) is 2. The molecule has 0 fully saturated rings. The van der Waals surface area contributed by atoms with Crippen molar-refractivity contribution >= 4 is 55.6 Å². The molecule has 0 aromatic heterocycles. The van der Waals surface area contributed by atoms with Gasteiger partial charge in [-0.15, -0.1) is 0 Å². The topological polar surface area (TPSA) is 93.1 Å². The number of hydrogen-bond acceptors (Lipinski definition) is 6. The molecule has 57 heavy (non-hydrogen) atoms. The summed E-state index contributed by atoms with van der Waals surface area (Å²) in [5.41, 5.74) is 7.53. The number of unbranched alkanes of at least 4 members (excludes halogenated alkanes) is 10. The zero-order valence-corrected chi connectivity index (χ0v) is 36.1. The Hall–Kier alpha value is -3.82. The Labute approximate surface area is 355 Å². The van der Waals surface area contributed by atoms with E-state index in [1.165, 1.54) is 85.8 Å². The molecule has 1 aliphatic carbocycles. The summed E-state index contributed by atoms with van der Waals surface area (Å²) < 4.78 is 14.2. The van der Waals surface area contributed by atoms with E-state index in [1.807, 2.05) is 48.5 Å². The molecule has 5 rings (SSSR count). The second-order valence-electron chi connectivity index (χ2n) is 15.0. The number of ketones is 2. The van der Waals surface area contributed by atoms with E-state index in [0.29, 0.717) is 13.2 Å². The smallest absolute Gasteiger partial charge is 0.181 e. The molecule has 0 saturated heterocycles. The van der Waals surface area contributed by atoms with Gasteiger partial charge in [0.1, 0.15) is 24.7 Å². The van der Waals surface area contributed by atoms with E-state index in [2.05, 4.69) is 68.3 Å². The number of aliphatic hydroxyl groups excluding tert-OH is 2. The van der Waals surface area contributed by atoms with E-state index in [-0.39, 0.29) is 17.0 Å². The lowest BCUT2D eigenvalue weighted by Crippen LogP contribution is -2.25. The van der Waals surface area contributed by atoms with Crippen molar-refractivity contribution in [3.05, 3.63) is 128 Å². The number of aliphatic hydroxyl groups is 2. The largest absolute Gasteiger partial charge is 0.494 e. The van der Waals surface area contributed by atoms with Crippen molar-refractivity contribution < 1.29 is 29.3 Å². The second kappa shape index (κ2) is 23.6. The Kier molecular flexibility index (Phi) is 18.3. The lowest BCUT2D eigenvalue weighted by atomic mass is 9.70. The highest BCUT2D eigenvalue weighted by Crippen LogP contribution is 2.55. The summed E-state index contributed by atoms with van der Waals surface area (Å²) in [6, 6.07) is 29.1. The van der Waals surface area contributed by atoms with E-state index in [0.717, 1.165) is 70.1 Å². The lowest BCUT2D eigenvalue weighted by molar-refractivity contribution is -0.117. The molecule has 0 atom stereocenters. The molecule has 0 aliphatic heterocycles. The summed E-state index contributed by atoms with van der Waals surface area (Å²) in [7, 11) is 0. The molecule has 0 amide bonds. The van der Waals surface area contributed by atoms with Crippen LogP contribution in [0, 0.1) is 0 Å². The maximum atomic E-state index is 11.3. The molecular weight excluding hydrogens is 844 g/mol. The van der Waals surface area contributed by atoms with Crippen molar-refractivity contribution in [3.63, 3.8) is 0 Å². The van der Waals surface area contributed by atoms with Gasteiger partial charge in [0.2, 0.25) is 0 Å². The maximum absolute atomic E-state index is 11.3. The Morgan fingerprint density at radius 3 is 1.26 bits per heavy atom. The monoisotopic (exact) mass is 898 g/mol. The molecule has 4 aromatic rings. The van der Waals surface area contributed by atoms with E-state index in [9.17, 15) is 9.59 Å². The number of carbonyl (C=O) groups excluding carboxylic acids is 2. The number of ether oxygens (including phenoxy) is 2. The fraction of sp³-hybridized carbons (Fsp3) is 0.388. The molecule has 1 aliphatic rings. The number of fused-ring (bicyclic) bond motifs is 3. The normalized spacial score (nSPS) is 12.9. The summed E-state index contributed by atoms with van der Waals surface area (Å²) in [6.45, 7) is 0.436. The predicted octanol–water partition coefficient (Wildman–Crippen LogP) is 12.2. The molecule has 302 valence electrons. The molecule has 0 radical (unpaired) electrons. The number of benzene rings is 4. The van der Waals surface area contributed by atoms with Gasteiger partial charge in [0.25, 0.3) is 0 Å². The first-order valence-corrected chi connectivity index (χ1v) is 22.1. The van der Waals surface area contributed by atoms with Gasteiger partial charge in [0, 0.05) is 14.4 Å². The van der Waals surface area contributed by atoms with Gasteiger partial charge in [-0.2, -0.15) is 0 Å². The van der Waals surface area contributed by atoms with Crippen LogP contribution in [0.2, 0.25) is 0 Å². The Bertz CT molecular complexity index is 1790. The van der Waals surface area contributed by atoms with Crippen molar-refractivity contribution in [3.8, 4) is 22.6 Å². The molecule has 0 bridgehead atoms. The maximum Gasteiger partial charge on any atom is 0.181 e. The van der Waals surface area contributed by atoms with Gasteiger partial charge in [0.05, 0.1) is 13.2 Å². The Balaban J connectivity index is 1.04. The van der Waals surface area contributed by atoms with Crippen LogP contribution in [0.4, 0.5) is 0 Å². The molecule has 0 saturated carbocycles. The van der Waals surface area contributed by atoms with Gasteiger partial charge >= 0.3 is 0 Å². The van der Waals surface area contributed by atoms with Crippen molar-refractivity contribution in [2.24, 2.45) is 0 Å². The zero-order chi connectivity index (χ0) is 40.3. The fourth-order valence-electron chi connectivity index (χ4n) is 7.79. The summed E-state index contributed by atoms with van der Waals surface area (Å²) in [5, 5.41) is 17.7. The minimum atomic E-state index is -0.475. The molecule has 0 spiro atoms. The van der Waals surface area contributed by atoms with Gasteiger partial charge in [-0.1, -0.05) is 145 Å². The van der Waals surface area contributed by atoms with Gasteiger partial charge < -0.3 is 19.7 Å². The van der Waals surface area contributed by atoms with Crippen molar-refractivity contribution in [1.82, 2.24) is 0 Å². The summed E-state index contributed by atoms with van der Waals surface area (Å²) in [5.74, 6) is 1.04. The standard InChI is InChI=1S/C49H56Br2O6/c50-39-19-27-45-46-28-20-40(51)34-48(46)49(47(45)33-39,29-9-5-1-3-7-11-31-56-43-23-15-37(16-24-43)13-21-41(54)35-52)30-10-6-2-4-8-12-32-57-44-25-17-38(18-26-44)14-22-42(55)36-53/h13-28,33-34,52-53H,1-12,29-32,35-36H2/b21-13+,22-14+. The second-order valence-corrected chi connectivity index (χ2v) is 16.8. The molecule has 4 aromatic carbocycles. The third-order valence-electron chi connectivity index (χ3n) is 10.8. The van der Waals surface area contributed by atoms with E-state index in [1.54, 1.807) is 12.2 Å². The number of rotatable bonds is 26. The van der Waals surface area contributed by atoms with E-state index < -0.39 is 13.2 Å². The van der Waals surface area contributed by atoms with Crippen LogP contribution >= 0.6 is 31.9 Å². The van der Waals surface area contributed by atoms with Gasteiger partial charge in [-0.25, -0.2) is 0 Å². The first kappa shape index (κ1) is 44.3. The molecule has 0 unspecified atom stereocenters. The van der Waals surface area contributed by atoms with Crippen LogP contribution in [0.25, 0.3) is 23.3 Å². The summed E-state index contributed by atoms with van der Waals surface area (Å²) in [6.07, 6.45) is 22.5. The van der Waals surface area contributed by atoms with Crippen LogP contribution in [0.1, 0.15) is 112 Å². The fourth-order valence-corrected chi connectivity index (χ4v) is 8.51. The average Bonchev–Trinajstić information content (AvgIpc) is 3.48. The minimum Gasteiger partial charge on any atom is -0.494 e. The minimum absolute atomic E-state index is 0.0132. The van der Waals surface area contributed by atoms with Crippen LogP contribution in [0.5, 0.6) is 11.5 Å². The van der Waals surface area contributed by atoms with Crippen molar-refractivity contribution in [1.29, 1.82) is 0 Å². The highest BCUT2D eigenvalue weighted by Gasteiger charge is 2.42. The third-order valence-corrected chi connectivity index (χ3v) is 11.8. The van der Waals surface area contributed by atoms with Gasteiger partial charge in [-0.3, -0.25) is 9.59 Å². The average molecular weight is 901 g/mol. The molecule has 8 heteroatoms. The SMILES string of the molecule is O=C(/C=C/c1ccc(OCCCCCCCCC2(CCCCCCCCOc3ccc(/C=C/C(=O)CO)cc3)c3cc(Br)ccc3-c3ccc(Br)cc32)cc1)CO. The Morgan fingerprint density at radius 1 is 0.509 bits per heavy atom. The van der Waals surface area contributed by atoms with E-state index in [4.69, 9.17) is 19.7 Å². The first-order chi connectivity index (χ1) is 27.8. The molecular formula is C49H56Br2O6. The van der Waals surface area contributed by atoms with Crippen molar-refractivity contribution in [2.45, 2.75) is 95.3 Å². The van der Waals surface area contributed by atoms with Gasteiger partial charge in [0.15, 0.2) is 11.6 Å². The van der Waals surface area contributed by atoms with Crippen LogP contribution in [-0.2, 0) is 15.0 Å². The van der Waals surface area contributed by atoms with Crippen LogP contribution in [0.15, 0.2) is 106 Å². The number of halogens is 2. The van der Waals surface area contributed by atoms with Crippen LogP contribution in [-0.4, -0.2) is 48.2 Å². The summed E-state index contributed by atoms with van der Waals surface area (Å²) >= 11 is 7.62. The Morgan fingerprint density at radius 2 is 0.877 bits per heavy atom. The van der Waals surface area contributed by atoms with Crippen molar-refractivity contribution in [2.75, 3.05) is 26.4 Å². The predicted molar refractivity (Wildman–Crippen MR) is 239 cm³/mol. The number of carbonyl (C=O) groups is 2. The highest BCUT2D eigenvalue weighted by molar-refractivity contribution is 9.10. The van der Waals surface area contributed by atoms with E-state index >= 15 is 0 Å². The van der Waals surface area contributed by atoms with Gasteiger partial charge in [-0.05, 0) is 120 Å².